The van der Waals surface area contributed by atoms with Gasteiger partial charge in [0.2, 0.25) is 0 Å². The van der Waals surface area contributed by atoms with Crippen molar-refractivity contribution >= 4 is 56.3 Å². The third-order valence-electron chi connectivity index (χ3n) is 9.31. The molecule has 8 aromatic carbocycles. The van der Waals surface area contributed by atoms with E-state index < -0.39 is 7.92 Å². The zero-order valence-electron chi connectivity index (χ0n) is 23.8. The molecule has 0 fully saturated rings. The van der Waals surface area contributed by atoms with Crippen LogP contribution < -0.4 is 5.30 Å². The average Bonchev–Trinajstić information content (AvgIpc) is 3.25. The van der Waals surface area contributed by atoms with Crippen molar-refractivity contribution in [3.63, 3.8) is 0 Å². The molecule has 0 bridgehead atoms. The Morgan fingerprint density at radius 1 is 0.326 bits per heavy atom. The fraction of sp³-hybridized carbons (Fsp3) is 0.0476. The van der Waals surface area contributed by atoms with E-state index in [2.05, 4.69) is 152 Å². The number of hydrogen-bond donors (Lipinski definition) is 0. The molecule has 0 nitrogen and oxygen atoms in total. The Hall–Kier alpha value is -4.77. The number of fused-ring (bicyclic) bond motifs is 9. The highest BCUT2D eigenvalue weighted by Crippen LogP contribution is 2.54. The molecule has 0 aromatic heterocycles. The van der Waals surface area contributed by atoms with E-state index in [1.54, 1.807) is 0 Å². The zero-order chi connectivity index (χ0) is 28.3. The van der Waals surface area contributed by atoms with E-state index in [4.69, 9.17) is 0 Å². The topological polar surface area (TPSA) is 0 Å². The van der Waals surface area contributed by atoms with Crippen LogP contribution in [0.1, 0.15) is 11.1 Å². The monoisotopic (exact) mass is 564 g/mol. The predicted molar refractivity (Wildman–Crippen MR) is 188 cm³/mol. The first-order valence-corrected chi connectivity index (χ1v) is 16.8. The van der Waals surface area contributed by atoms with Crippen LogP contribution in [0.5, 0.6) is 0 Å². The highest BCUT2D eigenvalue weighted by molar-refractivity contribution is 7.64. The molecule has 0 N–H and O–H groups in total. The van der Waals surface area contributed by atoms with E-state index in [0.29, 0.717) is 0 Å². The molecule has 1 heteroatoms. The molecule has 0 saturated carbocycles. The van der Waals surface area contributed by atoms with Gasteiger partial charge in [-0.25, -0.2) is 0 Å². The van der Waals surface area contributed by atoms with Crippen molar-refractivity contribution in [2.75, 3.05) is 0 Å². The summed E-state index contributed by atoms with van der Waals surface area (Å²) < 4.78 is 0. The summed E-state index contributed by atoms with van der Waals surface area (Å²) in [5, 5.41) is 12.1. The maximum atomic E-state index is 2.46. The standard InChI is InChI=1S/C42H29P/c1-5-15-34-28(10-1)14-9-19-38(34)42-37-18-8-4-13-31(37)24-25-39(42)43-26-32-22-20-29-11-2-6-16-35(29)40(32)41-33(27-43)23-21-30-12-3-7-17-36(30)41/h1-25H,26-27H2. The Balaban J connectivity index is 1.36. The van der Waals surface area contributed by atoms with Crippen molar-refractivity contribution in [1.82, 2.24) is 0 Å². The number of rotatable bonds is 2. The SMILES string of the molecule is c1ccc2c(-c3c(P4Cc5ccc6ccccc6c5-c5c(ccc6ccccc56)C4)ccc4ccccc34)cccc2c1. The molecule has 0 spiro atoms. The zero-order valence-corrected chi connectivity index (χ0v) is 24.7. The summed E-state index contributed by atoms with van der Waals surface area (Å²) in [6, 6.07) is 56.8. The van der Waals surface area contributed by atoms with Gasteiger partial charge >= 0.3 is 0 Å². The van der Waals surface area contributed by atoms with Crippen LogP contribution in [-0.4, -0.2) is 0 Å². The Kier molecular flexibility index (Phi) is 5.71. The fourth-order valence-corrected chi connectivity index (χ4v) is 10.0. The molecule has 1 aliphatic heterocycles. The summed E-state index contributed by atoms with van der Waals surface area (Å²) in [5.41, 5.74) is 8.56. The van der Waals surface area contributed by atoms with Crippen LogP contribution >= 0.6 is 7.92 Å². The third-order valence-corrected chi connectivity index (χ3v) is 11.8. The molecular formula is C42H29P. The van der Waals surface area contributed by atoms with Crippen molar-refractivity contribution in [1.29, 1.82) is 0 Å². The molecule has 0 saturated heterocycles. The van der Waals surface area contributed by atoms with E-state index in [1.165, 1.54) is 81.8 Å². The largest absolute Gasteiger partial charge is 0.0656 e. The maximum Gasteiger partial charge on any atom is -0.00219 e. The van der Waals surface area contributed by atoms with Crippen LogP contribution in [0, 0.1) is 0 Å². The lowest BCUT2D eigenvalue weighted by Gasteiger charge is -2.23. The van der Waals surface area contributed by atoms with Crippen molar-refractivity contribution in [3.05, 3.63) is 163 Å². The van der Waals surface area contributed by atoms with Crippen LogP contribution in [-0.2, 0) is 12.3 Å². The molecule has 0 atom stereocenters. The Morgan fingerprint density at radius 2 is 0.744 bits per heavy atom. The highest BCUT2D eigenvalue weighted by Gasteiger charge is 2.27. The van der Waals surface area contributed by atoms with Gasteiger partial charge < -0.3 is 0 Å². The van der Waals surface area contributed by atoms with Gasteiger partial charge in [-0.1, -0.05) is 160 Å². The van der Waals surface area contributed by atoms with Crippen molar-refractivity contribution in [3.8, 4) is 22.3 Å². The molecular weight excluding hydrogens is 535 g/mol. The number of hydrogen-bond acceptors (Lipinski definition) is 0. The first-order chi connectivity index (χ1) is 21.3. The average molecular weight is 565 g/mol. The second-order valence-electron chi connectivity index (χ2n) is 11.7. The lowest BCUT2D eigenvalue weighted by atomic mass is 9.88. The van der Waals surface area contributed by atoms with Crippen LogP contribution in [0.25, 0.3) is 65.3 Å². The summed E-state index contributed by atoms with van der Waals surface area (Å²) in [5.74, 6) is 0. The summed E-state index contributed by atoms with van der Waals surface area (Å²) >= 11 is 0. The van der Waals surface area contributed by atoms with Gasteiger partial charge in [-0.15, -0.1) is 0 Å². The van der Waals surface area contributed by atoms with Crippen LogP contribution in [0.15, 0.2) is 152 Å². The summed E-state index contributed by atoms with van der Waals surface area (Å²) in [6.45, 7) is 0. The molecule has 0 aliphatic carbocycles. The summed E-state index contributed by atoms with van der Waals surface area (Å²) in [6.07, 6.45) is 2.13. The van der Waals surface area contributed by atoms with Gasteiger partial charge in [0.1, 0.15) is 0 Å². The van der Waals surface area contributed by atoms with Crippen molar-refractivity contribution < 1.29 is 0 Å². The normalized spacial score (nSPS) is 13.3. The van der Waals surface area contributed by atoms with E-state index >= 15 is 0 Å². The summed E-state index contributed by atoms with van der Waals surface area (Å²) in [4.78, 5) is 0. The minimum Gasteiger partial charge on any atom is -0.0656 e. The Morgan fingerprint density at radius 3 is 1.30 bits per heavy atom. The lowest BCUT2D eigenvalue weighted by molar-refractivity contribution is 1.40. The van der Waals surface area contributed by atoms with E-state index in [9.17, 15) is 0 Å². The predicted octanol–water partition coefficient (Wildman–Crippen LogP) is 11.5. The van der Waals surface area contributed by atoms with Crippen LogP contribution in [0.3, 0.4) is 0 Å². The molecule has 1 aliphatic rings. The quantitative estimate of drug-likeness (QED) is 0.183. The first kappa shape index (κ1) is 24.8. The Bertz CT molecular complexity index is 2270. The molecule has 1 heterocycles. The maximum absolute atomic E-state index is 2.46. The van der Waals surface area contributed by atoms with Gasteiger partial charge in [-0.05, 0) is 94.1 Å². The number of benzene rings is 8. The van der Waals surface area contributed by atoms with Crippen LogP contribution in [0.2, 0.25) is 0 Å². The van der Waals surface area contributed by atoms with E-state index in [0.717, 1.165) is 12.3 Å². The molecule has 8 aromatic rings. The van der Waals surface area contributed by atoms with Crippen molar-refractivity contribution in [2.24, 2.45) is 0 Å². The molecule has 0 amide bonds. The fourth-order valence-electron chi connectivity index (χ4n) is 7.37. The van der Waals surface area contributed by atoms with Gasteiger partial charge in [0.25, 0.3) is 0 Å². The first-order valence-electron chi connectivity index (χ1n) is 15.1. The lowest BCUT2D eigenvalue weighted by Crippen LogP contribution is -2.09. The highest BCUT2D eigenvalue weighted by atomic mass is 31.1. The summed E-state index contributed by atoms with van der Waals surface area (Å²) in [7, 11) is -0.550. The van der Waals surface area contributed by atoms with Crippen molar-refractivity contribution in [2.45, 2.75) is 12.3 Å². The van der Waals surface area contributed by atoms with Gasteiger partial charge in [0.15, 0.2) is 0 Å². The smallest absolute Gasteiger partial charge is 0.00219 e. The molecule has 9 rings (SSSR count). The third kappa shape index (κ3) is 3.94. The van der Waals surface area contributed by atoms with Crippen LogP contribution in [0.4, 0.5) is 0 Å². The molecule has 43 heavy (non-hydrogen) atoms. The minimum atomic E-state index is -0.550. The van der Waals surface area contributed by atoms with Gasteiger partial charge in [0, 0.05) is 0 Å². The van der Waals surface area contributed by atoms with Gasteiger partial charge in [-0.3, -0.25) is 0 Å². The van der Waals surface area contributed by atoms with Gasteiger partial charge in [-0.2, -0.15) is 0 Å². The second-order valence-corrected chi connectivity index (χ2v) is 13.9. The molecule has 0 unspecified atom stereocenters. The van der Waals surface area contributed by atoms with Gasteiger partial charge in [0.05, 0.1) is 0 Å². The Labute approximate surface area is 253 Å². The minimum absolute atomic E-state index is 0.550. The van der Waals surface area contributed by atoms with E-state index in [1.807, 2.05) is 0 Å². The second kappa shape index (κ2) is 9.91. The molecule has 0 radical (unpaired) electrons. The van der Waals surface area contributed by atoms with E-state index in [-0.39, 0.29) is 0 Å². The molecule has 202 valence electrons.